The van der Waals surface area contributed by atoms with Crippen LogP contribution in [0.5, 0.6) is 0 Å². The predicted octanol–water partition coefficient (Wildman–Crippen LogP) is -0.168. The van der Waals surface area contributed by atoms with E-state index in [-0.39, 0.29) is 17.5 Å². The highest BCUT2D eigenvalue weighted by Gasteiger charge is 2.38. The highest BCUT2D eigenvalue weighted by atomic mass is 32.2. The molecule has 3 rings (SSSR count). The van der Waals surface area contributed by atoms with E-state index in [0.29, 0.717) is 5.69 Å². The van der Waals surface area contributed by atoms with Gasteiger partial charge in [-0.15, -0.1) is 0 Å². The highest BCUT2D eigenvalue weighted by molar-refractivity contribution is 7.89. The molecular weight excluding hydrogens is 332 g/mol. The number of hydrogen-bond acceptors (Lipinski definition) is 5. The van der Waals surface area contributed by atoms with E-state index in [9.17, 15) is 18.0 Å². The minimum atomic E-state index is -3.74. The van der Waals surface area contributed by atoms with Gasteiger partial charge in [-0.05, 0) is 25.0 Å². The molecule has 0 aliphatic heterocycles. The molecule has 0 aromatic carbocycles. The molecule has 8 nitrogen and oxygen atoms in total. The normalized spacial score (nSPS) is 15.0. The molecule has 1 aliphatic rings. The number of rotatable bonds is 5. The fourth-order valence-electron chi connectivity index (χ4n) is 2.50. The van der Waals surface area contributed by atoms with Gasteiger partial charge in [0.1, 0.15) is 4.90 Å². The Morgan fingerprint density at radius 1 is 1.25 bits per heavy atom. The van der Waals surface area contributed by atoms with Crippen molar-refractivity contribution in [2.75, 3.05) is 0 Å². The molecule has 1 aliphatic carbocycles. The summed E-state index contributed by atoms with van der Waals surface area (Å²) in [6, 6.07) is 4.23. The zero-order valence-electron chi connectivity index (χ0n) is 13.4. The van der Waals surface area contributed by atoms with Gasteiger partial charge in [0, 0.05) is 44.3 Å². The molecule has 0 N–H and O–H groups in total. The first-order chi connectivity index (χ1) is 11.3. The van der Waals surface area contributed by atoms with Crippen LogP contribution in [-0.2, 0) is 30.7 Å². The van der Waals surface area contributed by atoms with Gasteiger partial charge in [0.05, 0.1) is 6.54 Å². The van der Waals surface area contributed by atoms with Gasteiger partial charge in [-0.2, -0.15) is 4.31 Å². The summed E-state index contributed by atoms with van der Waals surface area (Å²) in [5.74, 6) is 0. The number of pyridine rings is 1. The summed E-state index contributed by atoms with van der Waals surface area (Å²) in [6.07, 6.45) is 4.33. The SMILES string of the molecule is Cn1c(CN(C2CC2)S(=O)(=O)c2cccnc2)cc(=O)n(C)c1=O. The van der Waals surface area contributed by atoms with Crippen molar-refractivity contribution in [3.63, 3.8) is 0 Å². The molecular formula is C15H18N4O4S. The van der Waals surface area contributed by atoms with Gasteiger partial charge in [-0.1, -0.05) is 0 Å². The Bertz CT molecular complexity index is 975. The van der Waals surface area contributed by atoms with Gasteiger partial charge < -0.3 is 0 Å². The van der Waals surface area contributed by atoms with Gasteiger partial charge in [-0.3, -0.25) is 18.9 Å². The van der Waals surface area contributed by atoms with Crippen molar-refractivity contribution in [3.05, 3.63) is 57.1 Å². The Morgan fingerprint density at radius 2 is 1.96 bits per heavy atom. The molecule has 2 aromatic rings. The Labute approximate surface area is 139 Å². The van der Waals surface area contributed by atoms with Crippen LogP contribution in [0.25, 0.3) is 0 Å². The van der Waals surface area contributed by atoms with Crippen LogP contribution in [0.3, 0.4) is 0 Å². The zero-order valence-corrected chi connectivity index (χ0v) is 14.2. The van der Waals surface area contributed by atoms with Crippen LogP contribution in [0.15, 0.2) is 45.1 Å². The topological polar surface area (TPSA) is 94.3 Å². The van der Waals surface area contributed by atoms with Crippen molar-refractivity contribution in [1.29, 1.82) is 0 Å². The summed E-state index contributed by atoms with van der Waals surface area (Å²) in [7, 11) is -0.827. The van der Waals surface area contributed by atoms with Crippen molar-refractivity contribution in [2.45, 2.75) is 30.3 Å². The van der Waals surface area contributed by atoms with Crippen LogP contribution < -0.4 is 11.2 Å². The quantitative estimate of drug-likeness (QED) is 0.746. The summed E-state index contributed by atoms with van der Waals surface area (Å²) in [4.78, 5) is 27.9. The van der Waals surface area contributed by atoms with E-state index in [1.807, 2.05) is 0 Å². The Balaban J connectivity index is 2.03. The van der Waals surface area contributed by atoms with E-state index >= 15 is 0 Å². The summed E-state index contributed by atoms with van der Waals surface area (Å²) in [5, 5.41) is 0. The van der Waals surface area contributed by atoms with Gasteiger partial charge >= 0.3 is 5.69 Å². The first-order valence-corrected chi connectivity index (χ1v) is 8.94. The molecule has 9 heteroatoms. The van der Waals surface area contributed by atoms with Crippen LogP contribution in [0.1, 0.15) is 18.5 Å². The van der Waals surface area contributed by atoms with Crippen LogP contribution in [0.2, 0.25) is 0 Å². The molecule has 0 radical (unpaired) electrons. The van der Waals surface area contributed by atoms with E-state index in [1.165, 1.54) is 47.5 Å². The summed E-state index contributed by atoms with van der Waals surface area (Å²) >= 11 is 0. The number of nitrogens with zero attached hydrogens (tertiary/aromatic N) is 4. The van der Waals surface area contributed by atoms with Gasteiger partial charge in [-0.25, -0.2) is 13.2 Å². The smallest absolute Gasteiger partial charge is 0.299 e. The molecule has 0 bridgehead atoms. The molecule has 0 unspecified atom stereocenters. The summed E-state index contributed by atoms with van der Waals surface area (Å²) < 4.78 is 29.4. The number of sulfonamides is 1. The minimum Gasteiger partial charge on any atom is -0.299 e. The number of aromatic nitrogens is 3. The predicted molar refractivity (Wildman–Crippen MR) is 86.9 cm³/mol. The van der Waals surface area contributed by atoms with Gasteiger partial charge in [0.25, 0.3) is 5.56 Å². The van der Waals surface area contributed by atoms with E-state index in [0.717, 1.165) is 17.4 Å². The monoisotopic (exact) mass is 350 g/mol. The lowest BCUT2D eigenvalue weighted by Gasteiger charge is -2.23. The fourth-order valence-corrected chi connectivity index (χ4v) is 4.12. The molecule has 1 fully saturated rings. The first kappa shape index (κ1) is 16.6. The maximum Gasteiger partial charge on any atom is 0.330 e. The van der Waals surface area contributed by atoms with Gasteiger partial charge in [0.2, 0.25) is 10.0 Å². The lowest BCUT2D eigenvalue weighted by molar-refractivity contribution is 0.385. The van der Waals surface area contributed by atoms with Crippen LogP contribution in [-0.4, -0.2) is 32.9 Å². The summed E-state index contributed by atoms with van der Waals surface area (Å²) in [5.41, 5.74) is -0.572. The average molecular weight is 350 g/mol. The van der Waals surface area contributed by atoms with Crippen molar-refractivity contribution < 1.29 is 8.42 Å². The molecule has 128 valence electrons. The van der Waals surface area contributed by atoms with Crippen LogP contribution in [0.4, 0.5) is 0 Å². The van der Waals surface area contributed by atoms with Crippen LogP contribution in [0, 0.1) is 0 Å². The molecule has 0 spiro atoms. The van der Waals surface area contributed by atoms with Crippen molar-refractivity contribution in [1.82, 2.24) is 18.4 Å². The standard InChI is InChI=1S/C15H18N4O4S/c1-17-12(8-14(20)18(2)15(17)21)10-19(11-5-6-11)24(22,23)13-4-3-7-16-9-13/h3-4,7-9,11H,5-6,10H2,1-2H3. The summed E-state index contributed by atoms with van der Waals surface area (Å²) in [6.45, 7) is -0.0241. The maximum absolute atomic E-state index is 12.9. The maximum atomic E-state index is 12.9. The third kappa shape index (κ3) is 2.92. The highest BCUT2D eigenvalue weighted by Crippen LogP contribution is 2.33. The molecule has 2 heterocycles. The third-order valence-electron chi connectivity index (χ3n) is 4.14. The molecule has 0 atom stereocenters. The second-order valence-electron chi connectivity index (χ2n) is 5.84. The Kier molecular flexibility index (Phi) is 4.14. The fraction of sp³-hybridized carbons (Fsp3) is 0.400. The molecule has 0 saturated heterocycles. The second kappa shape index (κ2) is 5.99. The van der Waals surface area contributed by atoms with Gasteiger partial charge in [0.15, 0.2) is 0 Å². The molecule has 0 amide bonds. The average Bonchev–Trinajstić information content (AvgIpc) is 3.40. The van der Waals surface area contributed by atoms with Crippen molar-refractivity contribution in [2.24, 2.45) is 14.1 Å². The number of hydrogen-bond donors (Lipinski definition) is 0. The zero-order chi connectivity index (χ0) is 17.5. The van der Waals surface area contributed by atoms with E-state index in [1.54, 1.807) is 6.07 Å². The Hall–Kier alpha value is -2.26. The molecule has 2 aromatic heterocycles. The molecule has 1 saturated carbocycles. The van der Waals surface area contributed by atoms with Crippen LogP contribution >= 0.6 is 0 Å². The first-order valence-electron chi connectivity index (χ1n) is 7.50. The van der Waals surface area contributed by atoms with Crippen molar-refractivity contribution >= 4 is 10.0 Å². The van der Waals surface area contributed by atoms with E-state index < -0.39 is 21.3 Å². The minimum absolute atomic E-state index is 0.0241. The largest absolute Gasteiger partial charge is 0.330 e. The molecule has 24 heavy (non-hydrogen) atoms. The lowest BCUT2D eigenvalue weighted by atomic mass is 10.3. The van der Waals surface area contributed by atoms with Crippen molar-refractivity contribution in [3.8, 4) is 0 Å². The lowest BCUT2D eigenvalue weighted by Crippen LogP contribution is -2.41. The van der Waals surface area contributed by atoms with E-state index in [4.69, 9.17) is 0 Å². The van der Waals surface area contributed by atoms with E-state index in [2.05, 4.69) is 4.98 Å². The Morgan fingerprint density at radius 3 is 2.54 bits per heavy atom. The second-order valence-corrected chi connectivity index (χ2v) is 7.74. The third-order valence-corrected chi connectivity index (χ3v) is 6.02.